The van der Waals surface area contributed by atoms with Crippen molar-refractivity contribution in [3.8, 4) is 0 Å². The van der Waals surface area contributed by atoms with E-state index >= 15 is 0 Å². The molecule has 1 N–H and O–H groups in total. The third kappa shape index (κ3) is 3.76. The predicted octanol–water partition coefficient (Wildman–Crippen LogP) is 2.98. The van der Waals surface area contributed by atoms with Gasteiger partial charge in [-0.25, -0.2) is 5.43 Å². The lowest BCUT2D eigenvalue weighted by Gasteiger charge is -2.02. The maximum atomic E-state index is 11.9. The van der Waals surface area contributed by atoms with Crippen molar-refractivity contribution in [3.05, 3.63) is 74.8 Å². The van der Waals surface area contributed by atoms with E-state index in [4.69, 9.17) is 0 Å². The van der Waals surface area contributed by atoms with Gasteiger partial charge in [-0.2, -0.15) is 5.10 Å². The van der Waals surface area contributed by atoms with Gasteiger partial charge in [0.25, 0.3) is 11.6 Å². The predicted molar refractivity (Wildman–Crippen MR) is 84.1 cm³/mol. The molecule has 0 aliphatic heterocycles. The lowest BCUT2D eigenvalue weighted by molar-refractivity contribution is -0.384. The normalized spacial score (nSPS) is 10.6. The van der Waals surface area contributed by atoms with Gasteiger partial charge in [-0.05, 0) is 31.0 Å². The summed E-state index contributed by atoms with van der Waals surface area (Å²) in [4.78, 5) is 22.0. The molecule has 2 aromatic rings. The van der Waals surface area contributed by atoms with Crippen LogP contribution < -0.4 is 5.43 Å². The van der Waals surface area contributed by atoms with Gasteiger partial charge >= 0.3 is 0 Å². The van der Waals surface area contributed by atoms with Gasteiger partial charge in [0, 0.05) is 17.7 Å². The van der Waals surface area contributed by atoms with E-state index in [0.29, 0.717) is 0 Å². The molecule has 2 aromatic carbocycles. The van der Waals surface area contributed by atoms with Crippen molar-refractivity contribution in [2.75, 3.05) is 0 Å². The zero-order chi connectivity index (χ0) is 16.1. The Bertz CT molecular complexity index is 754. The number of nitro benzene ring substituents is 1. The molecule has 0 saturated carbocycles. The standard InChI is InChI=1S/C16H15N3O3/c1-11-6-7-14(12(2)8-11)10-17-18-16(20)13-4-3-5-15(9-13)19(21)22/h3-10H,1-2H3,(H,18,20). The molecule has 0 bridgehead atoms. The number of hydrogen-bond donors (Lipinski definition) is 1. The van der Waals surface area contributed by atoms with Crippen molar-refractivity contribution in [3.63, 3.8) is 0 Å². The molecule has 0 fully saturated rings. The summed E-state index contributed by atoms with van der Waals surface area (Å²) in [5.74, 6) is -0.496. The van der Waals surface area contributed by atoms with E-state index in [1.54, 1.807) is 6.21 Å². The SMILES string of the molecule is Cc1ccc(C=NNC(=O)c2cccc([N+](=O)[O-])c2)c(C)c1. The van der Waals surface area contributed by atoms with Crippen molar-refractivity contribution in [1.82, 2.24) is 5.43 Å². The fourth-order valence-corrected chi connectivity index (χ4v) is 1.96. The molecule has 6 heteroatoms. The molecule has 0 aliphatic rings. The van der Waals surface area contributed by atoms with Crippen molar-refractivity contribution in [2.45, 2.75) is 13.8 Å². The molecular formula is C16H15N3O3. The Balaban J connectivity index is 2.08. The van der Waals surface area contributed by atoms with Gasteiger partial charge in [0.05, 0.1) is 11.1 Å². The number of nitrogens with zero attached hydrogens (tertiary/aromatic N) is 2. The zero-order valence-electron chi connectivity index (χ0n) is 12.2. The molecule has 0 spiro atoms. The van der Waals surface area contributed by atoms with Crippen molar-refractivity contribution in [1.29, 1.82) is 0 Å². The zero-order valence-corrected chi connectivity index (χ0v) is 12.2. The first-order valence-electron chi connectivity index (χ1n) is 6.62. The number of rotatable bonds is 4. The molecule has 0 heterocycles. The van der Waals surface area contributed by atoms with Crippen molar-refractivity contribution < 1.29 is 9.72 Å². The minimum absolute atomic E-state index is 0.133. The van der Waals surface area contributed by atoms with Gasteiger partial charge in [0.1, 0.15) is 0 Å². The summed E-state index contributed by atoms with van der Waals surface area (Å²) in [6.45, 7) is 3.95. The minimum Gasteiger partial charge on any atom is -0.267 e. The minimum atomic E-state index is -0.546. The highest BCUT2D eigenvalue weighted by Crippen LogP contribution is 2.13. The Kier molecular flexibility index (Phi) is 4.63. The number of aryl methyl sites for hydroxylation is 2. The van der Waals surface area contributed by atoms with Crippen LogP contribution in [0.25, 0.3) is 0 Å². The maximum absolute atomic E-state index is 11.9. The molecule has 22 heavy (non-hydrogen) atoms. The van der Waals surface area contributed by atoms with Gasteiger partial charge in [-0.3, -0.25) is 14.9 Å². The topological polar surface area (TPSA) is 84.6 Å². The average molecular weight is 297 g/mol. The highest BCUT2D eigenvalue weighted by atomic mass is 16.6. The number of amides is 1. The van der Waals surface area contributed by atoms with Crippen LogP contribution in [-0.4, -0.2) is 17.0 Å². The number of benzene rings is 2. The molecular weight excluding hydrogens is 282 g/mol. The van der Waals surface area contributed by atoms with Crippen LogP contribution in [0.4, 0.5) is 5.69 Å². The summed E-state index contributed by atoms with van der Waals surface area (Å²) >= 11 is 0. The smallest absolute Gasteiger partial charge is 0.267 e. The molecule has 0 unspecified atom stereocenters. The molecule has 0 atom stereocenters. The fraction of sp³-hybridized carbons (Fsp3) is 0.125. The van der Waals surface area contributed by atoms with Crippen LogP contribution in [0.3, 0.4) is 0 Å². The van der Waals surface area contributed by atoms with E-state index in [-0.39, 0.29) is 11.3 Å². The van der Waals surface area contributed by atoms with Crippen LogP contribution in [0.1, 0.15) is 27.0 Å². The van der Waals surface area contributed by atoms with Crippen LogP contribution >= 0.6 is 0 Å². The van der Waals surface area contributed by atoms with Crippen molar-refractivity contribution >= 4 is 17.8 Å². The van der Waals surface area contributed by atoms with Gasteiger partial charge in [0.15, 0.2) is 0 Å². The van der Waals surface area contributed by atoms with Crippen LogP contribution in [0.15, 0.2) is 47.6 Å². The molecule has 0 saturated heterocycles. The van der Waals surface area contributed by atoms with Gasteiger partial charge in [-0.15, -0.1) is 0 Å². The summed E-state index contributed by atoms with van der Waals surface area (Å²) in [7, 11) is 0. The lowest BCUT2D eigenvalue weighted by Crippen LogP contribution is -2.17. The van der Waals surface area contributed by atoms with E-state index in [1.165, 1.54) is 24.3 Å². The average Bonchev–Trinajstić information content (AvgIpc) is 2.49. The van der Waals surface area contributed by atoms with Crippen LogP contribution in [0.5, 0.6) is 0 Å². The second-order valence-corrected chi connectivity index (χ2v) is 4.87. The fourth-order valence-electron chi connectivity index (χ4n) is 1.96. The van der Waals surface area contributed by atoms with E-state index in [9.17, 15) is 14.9 Å². The van der Waals surface area contributed by atoms with E-state index in [2.05, 4.69) is 10.5 Å². The Morgan fingerprint density at radius 3 is 2.68 bits per heavy atom. The number of nitrogens with one attached hydrogen (secondary N) is 1. The monoisotopic (exact) mass is 297 g/mol. The number of hydrazone groups is 1. The summed E-state index contributed by atoms with van der Waals surface area (Å²) < 4.78 is 0. The first-order chi connectivity index (χ1) is 10.5. The number of carbonyl (C=O) groups is 1. The maximum Gasteiger partial charge on any atom is 0.271 e. The second kappa shape index (κ2) is 6.62. The molecule has 0 aromatic heterocycles. The molecule has 1 amide bonds. The Labute approximate surface area is 127 Å². The van der Waals surface area contributed by atoms with Crippen molar-refractivity contribution in [2.24, 2.45) is 5.10 Å². The van der Waals surface area contributed by atoms with Crippen LogP contribution in [0.2, 0.25) is 0 Å². The highest BCUT2D eigenvalue weighted by Gasteiger charge is 2.10. The molecule has 112 valence electrons. The van der Waals surface area contributed by atoms with Gasteiger partial charge in [0.2, 0.25) is 0 Å². The molecule has 2 rings (SSSR count). The number of nitro groups is 1. The Morgan fingerprint density at radius 1 is 1.23 bits per heavy atom. The first-order valence-corrected chi connectivity index (χ1v) is 6.62. The van der Waals surface area contributed by atoms with Crippen LogP contribution in [-0.2, 0) is 0 Å². The molecule has 0 radical (unpaired) electrons. The lowest BCUT2D eigenvalue weighted by atomic mass is 10.1. The number of carbonyl (C=O) groups excluding carboxylic acids is 1. The summed E-state index contributed by atoms with van der Waals surface area (Å²) in [5.41, 5.74) is 5.51. The van der Waals surface area contributed by atoms with Gasteiger partial charge < -0.3 is 0 Å². The summed E-state index contributed by atoms with van der Waals surface area (Å²) in [6.07, 6.45) is 1.55. The van der Waals surface area contributed by atoms with Crippen LogP contribution in [0, 0.1) is 24.0 Å². The molecule has 0 aliphatic carbocycles. The number of non-ortho nitro benzene ring substituents is 1. The quantitative estimate of drug-likeness (QED) is 0.535. The van der Waals surface area contributed by atoms with E-state index in [0.717, 1.165) is 16.7 Å². The third-order valence-electron chi connectivity index (χ3n) is 3.11. The highest BCUT2D eigenvalue weighted by molar-refractivity contribution is 5.95. The summed E-state index contributed by atoms with van der Waals surface area (Å²) in [6, 6.07) is 11.4. The second-order valence-electron chi connectivity index (χ2n) is 4.87. The Morgan fingerprint density at radius 2 is 2.00 bits per heavy atom. The Hall–Kier alpha value is -3.02. The van der Waals surface area contributed by atoms with E-state index < -0.39 is 10.8 Å². The van der Waals surface area contributed by atoms with E-state index in [1.807, 2.05) is 32.0 Å². The van der Waals surface area contributed by atoms with Gasteiger partial charge in [-0.1, -0.05) is 29.8 Å². The third-order valence-corrected chi connectivity index (χ3v) is 3.11. The number of hydrogen-bond acceptors (Lipinski definition) is 4. The summed E-state index contributed by atoms with van der Waals surface area (Å²) in [5, 5.41) is 14.6. The first kappa shape index (κ1) is 15.4. The molecule has 6 nitrogen and oxygen atoms in total. The largest absolute Gasteiger partial charge is 0.271 e.